The fourth-order valence-corrected chi connectivity index (χ4v) is 3.16. The van der Waals surface area contributed by atoms with Gasteiger partial charge in [0.05, 0.1) is 17.6 Å². The van der Waals surface area contributed by atoms with Crippen molar-refractivity contribution < 1.29 is 0 Å². The first-order chi connectivity index (χ1) is 10.3. The summed E-state index contributed by atoms with van der Waals surface area (Å²) in [5, 5.41) is 14.9. The van der Waals surface area contributed by atoms with E-state index >= 15 is 0 Å². The van der Waals surface area contributed by atoms with Gasteiger partial charge in [-0.05, 0) is 24.6 Å². The smallest absolute Gasteiger partial charge is 0.184 e. The maximum Gasteiger partial charge on any atom is 0.184 e. The Morgan fingerprint density at radius 2 is 2.10 bits per heavy atom. The number of halogens is 1. The molecule has 0 saturated carbocycles. The number of hydrogen-bond donors (Lipinski definition) is 1. The zero-order valence-corrected chi connectivity index (χ0v) is 13.7. The lowest BCUT2D eigenvalue weighted by Crippen LogP contribution is -1.99. The van der Waals surface area contributed by atoms with E-state index in [1.165, 1.54) is 0 Å². The fourth-order valence-electron chi connectivity index (χ4n) is 2.00. The van der Waals surface area contributed by atoms with Crippen LogP contribution < -0.4 is 0 Å². The second kappa shape index (κ2) is 6.40. The minimum absolute atomic E-state index is 0.646. The second-order valence-electron chi connectivity index (χ2n) is 4.29. The third-order valence-electron chi connectivity index (χ3n) is 2.99. The predicted octanol–water partition coefficient (Wildman–Crippen LogP) is 3.14. The van der Waals surface area contributed by atoms with Gasteiger partial charge >= 0.3 is 0 Å². The van der Waals surface area contributed by atoms with E-state index in [1.54, 1.807) is 11.8 Å². The Balaban J connectivity index is 1.84. The highest BCUT2D eigenvalue weighted by atomic mass is 79.9. The first kappa shape index (κ1) is 14.3. The summed E-state index contributed by atoms with van der Waals surface area (Å²) in [6.45, 7) is 2.97. The number of benzene rings is 1. The summed E-state index contributed by atoms with van der Waals surface area (Å²) in [5.74, 6) is 1.32. The van der Waals surface area contributed by atoms with Gasteiger partial charge in [-0.3, -0.25) is 0 Å². The van der Waals surface area contributed by atoms with Gasteiger partial charge in [0.25, 0.3) is 0 Å². The van der Waals surface area contributed by atoms with Crippen LogP contribution in [-0.2, 0) is 12.3 Å². The third-order valence-corrected chi connectivity index (χ3v) is 4.51. The van der Waals surface area contributed by atoms with Gasteiger partial charge in [0.15, 0.2) is 11.0 Å². The molecule has 3 rings (SSSR count). The molecule has 0 atom stereocenters. The number of thioether (sulfide) groups is 1. The maximum absolute atomic E-state index is 4.51. The molecule has 8 heteroatoms. The number of aromatic amines is 1. The summed E-state index contributed by atoms with van der Waals surface area (Å²) >= 11 is 5.06. The van der Waals surface area contributed by atoms with Crippen LogP contribution in [0.2, 0.25) is 0 Å². The maximum atomic E-state index is 4.51. The molecule has 3 aromatic rings. The van der Waals surface area contributed by atoms with Gasteiger partial charge in [-0.2, -0.15) is 5.21 Å². The molecule has 0 bridgehead atoms. The minimum atomic E-state index is 0.646. The lowest BCUT2D eigenvalue weighted by atomic mass is 10.2. The Kier molecular flexibility index (Phi) is 4.35. The molecule has 108 valence electrons. The highest BCUT2D eigenvalue weighted by Crippen LogP contribution is 2.28. The molecule has 0 amide bonds. The molecule has 0 unspecified atom stereocenters. The molecule has 0 aliphatic heterocycles. The Morgan fingerprint density at radius 3 is 2.76 bits per heavy atom. The second-order valence-corrected chi connectivity index (χ2v) is 6.15. The Bertz CT molecular complexity index is 707. The highest BCUT2D eigenvalue weighted by molar-refractivity contribution is 9.10. The topological polar surface area (TPSA) is 72.3 Å². The summed E-state index contributed by atoms with van der Waals surface area (Å²) in [7, 11) is 0. The van der Waals surface area contributed by atoms with Crippen molar-refractivity contribution in [3.63, 3.8) is 0 Å². The van der Waals surface area contributed by atoms with E-state index in [0.29, 0.717) is 11.6 Å². The average Bonchev–Trinajstić information content (AvgIpc) is 3.15. The molecular formula is C13H13BrN6S. The fraction of sp³-hybridized carbons (Fsp3) is 0.231. The Labute approximate surface area is 134 Å². The van der Waals surface area contributed by atoms with E-state index < -0.39 is 0 Å². The molecule has 1 aromatic carbocycles. The van der Waals surface area contributed by atoms with Crippen molar-refractivity contribution in [3.05, 3.63) is 40.8 Å². The van der Waals surface area contributed by atoms with E-state index in [2.05, 4.69) is 65.2 Å². The molecule has 2 aromatic heterocycles. The Morgan fingerprint density at radius 1 is 1.29 bits per heavy atom. The van der Waals surface area contributed by atoms with Crippen LogP contribution in [0.15, 0.2) is 40.1 Å². The number of H-pyrrole nitrogens is 1. The molecule has 2 heterocycles. The van der Waals surface area contributed by atoms with Crippen molar-refractivity contribution in [2.45, 2.75) is 24.4 Å². The van der Waals surface area contributed by atoms with Crippen LogP contribution in [0.25, 0.3) is 11.3 Å². The van der Waals surface area contributed by atoms with Crippen LogP contribution in [0.1, 0.15) is 12.7 Å². The first-order valence-electron chi connectivity index (χ1n) is 6.44. The summed E-state index contributed by atoms with van der Waals surface area (Å²) < 4.78 is 3.26. The zero-order chi connectivity index (χ0) is 14.7. The number of rotatable bonds is 5. The van der Waals surface area contributed by atoms with Crippen molar-refractivity contribution in [3.8, 4) is 11.3 Å². The number of aromatic nitrogens is 6. The largest absolute Gasteiger partial charge is 0.319 e. The molecular weight excluding hydrogens is 352 g/mol. The van der Waals surface area contributed by atoms with Crippen LogP contribution in [0.5, 0.6) is 0 Å². The lowest BCUT2D eigenvalue weighted by molar-refractivity contribution is 0.687. The normalized spacial score (nSPS) is 11.0. The lowest BCUT2D eigenvalue weighted by Gasteiger charge is -2.08. The predicted molar refractivity (Wildman–Crippen MR) is 84.8 cm³/mol. The van der Waals surface area contributed by atoms with Gasteiger partial charge < -0.3 is 4.57 Å². The number of hydrogen-bond acceptors (Lipinski definition) is 5. The monoisotopic (exact) mass is 364 g/mol. The van der Waals surface area contributed by atoms with Gasteiger partial charge in [0.1, 0.15) is 0 Å². The van der Waals surface area contributed by atoms with Gasteiger partial charge in [-0.15, -0.1) is 10.2 Å². The Hall–Kier alpha value is -1.67. The minimum Gasteiger partial charge on any atom is -0.319 e. The van der Waals surface area contributed by atoms with Crippen molar-refractivity contribution in [1.82, 2.24) is 30.2 Å². The highest BCUT2D eigenvalue weighted by Gasteiger charge is 2.12. The molecule has 0 fully saturated rings. The first-order valence-corrected chi connectivity index (χ1v) is 8.22. The van der Waals surface area contributed by atoms with E-state index in [0.717, 1.165) is 27.4 Å². The third kappa shape index (κ3) is 3.16. The van der Waals surface area contributed by atoms with Gasteiger partial charge in [-0.1, -0.05) is 45.0 Å². The SMILES string of the molecule is CCn1c(-c2ccc(Br)cc2)cnc1SCc1nn[nH]n1. The average molecular weight is 365 g/mol. The van der Waals surface area contributed by atoms with Gasteiger partial charge in [0.2, 0.25) is 0 Å². The molecule has 21 heavy (non-hydrogen) atoms. The van der Waals surface area contributed by atoms with E-state index in [4.69, 9.17) is 0 Å². The van der Waals surface area contributed by atoms with Gasteiger partial charge in [0, 0.05) is 11.0 Å². The van der Waals surface area contributed by atoms with Crippen LogP contribution in [-0.4, -0.2) is 30.2 Å². The number of nitrogens with one attached hydrogen (secondary N) is 1. The zero-order valence-electron chi connectivity index (χ0n) is 11.3. The number of nitrogens with zero attached hydrogens (tertiary/aromatic N) is 5. The van der Waals surface area contributed by atoms with Crippen molar-refractivity contribution >= 4 is 27.7 Å². The van der Waals surface area contributed by atoms with Crippen molar-refractivity contribution in [1.29, 1.82) is 0 Å². The molecule has 0 radical (unpaired) electrons. The summed E-state index contributed by atoms with van der Waals surface area (Å²) in [6.07, 6.45) is 1.91. The van der Waals surface area contributed by atoms with Crippen LogP contribution in [0.3, 0.4) is 0 Å². The molecule has 0 aliphatic rings. The number of imidazole rings is 1. The standard InChI is InChI=1S/C13H13BrN6S/c1-2-20-11(9-3-5-10(14)6-4-9)7-15-13(20)21-8-12-16-18-19-17-12/h3-7H,2,8H2,1H3,(H,16,17,18,19). The molecule has 0 saturated heterocycles. The van der Waals surface area contributed by atoms with Gasteiger partial charge in [-0.25, -0.2) is 4.98 Å². The van der Waals surface area contributed by atoms with Crippen molar-refractivity contribution in [2.75, 3.05) is 0 Å². The van der Waals surface area contributed by atoms with Crippen LogP contribution >= 0.6 is 27.7 Å². The van der Waals surface area contributed by atoms with Crippen LogP contribution in [0, 0.1) is 0 Å². The molecule has 6 nitrogen and oxygen atoms in total. The summed E-state index contributed by atoms with van der Waals surface area (Å²) in [4.78, 5) is 4.51. The van der Waals surface area contributed by atoms with E-state index in [9.17, 15) is 0 Å². The summed E-state index contributed by atoms with van der Waals surface area (Å²) in [6, 6.07) is 8.24. The quantitative estimate of drug-likeness (QED) is 0.704. The van der Waals surface area contributed by atoms with Crippen molar-refractivity contribution in [2.24, 2.45) is 0 Å². The number of tetrazole rings is 1. The van der Waals surface area contributed by atoms with Crippen LogP contribution in [0.4, 0.5) is 0 Å². The molecule has 0 aliphatic carbocycles. The molecule has 1 N–H and O–H groups in total. The van der Waals surface area contributed by atoms with E-state index in [1.807, 2.05) is 18.3 Å². The van der Waals surface area contributed by atoms with E-state index in [-0.39, 0.29) is 0 Å². The molecule has 0 spiro atoms. The summed E-state index contributed by atoms with van der Waals surface area (Å²) in [5.41, 5.74) is 2.26.